The molecule has 0 spiro atoms. The Hall–Kier alpha value is -1.53. The lowest BCUT2D eigenvalue weighted by Crippen LogP contribution is -2.37. The van der Waals surface area contributed by atoms with Crippen LogP contribution in [-0.4, -0.2) is 26.4 Å². The maximum absolute atomic E-state index is 13.9. The Balaban J connectivity index is 1.56. The highest BCUT2D eigenvalue weighted by atomic mass is 19.1. The van der Waals surface area contributed by atoms with Gasteiger partial charge in [0.2, 0.25) is 6.86 Å². The molecule has 0 aromatic heterocycles. The minimum Gasteiger partial charge on any atom is -0.457 e. The van der Waals surface area contributed by atoms with Gasteiger partial charge in [0.25, 0.3) is 0 Å². The molecule has 0 N–H and O–H groups in total. The third-order valence-electron chi connectivity index (χ3n) is 5.26. The first-order valence-electron chi connectivity index (χ1n) is 9.16. The molecule has 1 aromatic rings. The largest absolute Gasteiger partial charge is 0.457 e. The molecule has 0 unspecified atom stereocenters. The van der Waals surface area contributed by atoms with E-state index in [1.807, 2.05) is 13.0 Å². The van der Waals surface area contributed by atoms with Crippen molar-refractivity contribution in [2.24, 2.45) is 11.8 Å². The van der Waals surface area contributed by atoms with Gasteiger partial charge in [0.05, 0.1) is 13.2 Å². The van der Waals surface area contributed by atoms with Crippen LogP contribution < -0.4 is 4.74 Å². The molecule has 2 aliphatic rings. The Morgan fingerprint density at radius 3 is 2.23 bits per heavy atom. The number of allylic oxidation sites excluding steroid dienone is 1. The minimum atomic E-state index is -1.26. The van der Waals surface area contributed by atoms with Gasteiger partial charge >= 0.3 is 0 Å². The lowest BCUT2D eigenvalue weighted by Gasteiger charge is -2.37. The van der Waals surface area contributed by atoms with Gasteiger partial charge in [-0.25, -0.2) is 13.2 Å². The molecule has 6 heteroatoms. The van der Waals surface area contributed by atoms with Crippen LogP contribution in [0.5, 0.6) is 5.75 Å². The molecule has 26 heavy (non-hydrogen) atoms. The van der Waals surface area contributed by atoms with E-state index in [1.165, 1.54) is 12.1 Å². The van der Waals surface area contributed by atoms with Crippen LogP contribution in [0, 0.1) is 23.5 Å². The van der Waals surface area contributed by atoms with Crippen LogP contribution in [-0.2, 0) is 9.47 Å². The summed E-state index contributed by atoms with van der Waals surface area (Å²) in [5, 5.41) is 0. The number of ether oxygens (including phenoxy) is 3. The highest BCUT2D eigenvalue weighted by Crippen LogP contribution is 2.40. The molecule has 0 bridgehead atoms. The van der Waals surface area contributed by atoms with E-state index in [9.17, 15) is 13.2 Å². The minimum absolute atomic E-state index is 0.0778. The van der Waals surface area contributed by atoms with Crippen LogP contribution in [0.4, 0.5) is 13.2 Å². The highest BCUT2D eigenvalue weighted by Gasteiger charge is 2.33. The van der Waals surface area contributed by atoms with Crippen molar-refractivity contribution in [2.45, 2.75) is 44.8 Å². The molecule has 3 nitrogen and oxygen atoms in total. The molecular weight excluding hydrogens is 345 g/mol. The Kier molecular flexibility index (Phi) is 6.59. The van der Waals surface area contributed by atoms with E-state index in [0.717, 1.165) is 25.7 Å². The van der Waals surface area contributed by atoms with Crippen LogP contribution >= 0.6 is 0 Å². The quantitative estimate of drug-likeness (QED) is 0.674. The molecule has 1 aromatic carbocycles. The van der Waals surface area contributed by atoms with Crippen LogP contribution in [0.1, 0.15) is 44.1 Å². The van der Waals surface area contributed by atoms with Crippen molar-refractivity contribution in [1.82, 2.24) is 0 Å². The van der Waals surface area contributed by atoms with Crippen LogP contribution in [0.25, 0.3) is 0 Å². The molecule has 1 aliphatic heterocycles. The van der Waals surface area contributed by atoms with Crippen LogP contribution in [0.15, 0.2) is 24.3 Å². The molecule has 0 amide bonds. The van der Waals surface area contributed by atoms with E-state index in [1.54, 1.807) is 0 Å². The molecule has 1 heterocycles. The summed E-state index contributed by atoms with van der Waals surface area (Å²) in [5.74, 6) is -1.66. The van der Waals surface area contributed by atoms with E-state index < -0.39 is 24.2 Å². The number of alkyl halides is 1. The monoisotopic (exact) mass is 370 g/mol. The van der Waals surface area contributed by atoms with Crippen molar-refractivity contribution < 1.29 is 27.4 Å². The first-order valence-corrected chi connectivity index (χ1v) is 9.16. The van der Waals surface area contributed by atoms with Gasteiger partial charge in [-0.05, 0) is 56.2 Å². The Morgan fingerprint density at radius 1 is 1.08 bits per heavy atom. The molecule has 144 valence electrons. The zero-order chi connectivity index (χ0) is 18.5. The average Bonchev–Trinajstić information content (AvgIpc) is 2.66. The second-order valence-electron chi connectivity index (χ2n) is 7.00. The first-order chi connectivity index (χ1) is 12.6. The van der Waals surface area contributed by atoms with Crippen LogP contribution in [0.2, 0.25) is 0 Å². The standard InChI is InChI=1S/C20H25F3O3/c1-2-3-13-10-24-20(25-11-13)15-6-4-14(5-7-15)16-8-17(22)19(26-12-21)18(23)9-16/h2-3,8-9,13-15,20H,4-7,10-12H2,1H3/b3-2+. The number of hydrogen-bond acceptors (Lipinski definition) is 3. The topological polar surface area (TPSA) is 27.7 Å². The highest BCUT2D eigenvalue weighted by molar-refractivity contribution is 5.33. The molecule has 1 aliphatic carbocycles. The number of halogens is 3. The summed E-state index contributed by atoms with van der Waals surface area (Å²) in [4.78, 5) is 0. The molecule has 1 saturated carbocycles. The number of rotatable bonds is 5. The fourth-order valence-electron chi connectivity index (χ4n) is 3.92. The molecule has 2 fully saturated rings. The average molecular weight is 370 g/mol. The Bertz CT molecular complexity index is 596. The summed E-state index contributed by atoms with van der Waals surface area (Å²) in [5.41, 5.74) is 0.600. The second kappa shape index (κ2) is 8.91. The fourth-order valence-corrected chi connectivity index (χ4v) is 3.92. The first kappa shape index (κ1) is 19.2. The molecule has 0 radical (unpaired) electrons. The van der Waals surface area contributed by atoms with Gasteiger partial charge in [-0.2, -0.15) is 0 Å². The van der Waals surface area contributed by atoms with Crippen molar-refractivity contribution in [3.8, 4) is 5.75 Å². The summed E-state index contributed by atoms with van der Waals surface area (Å²) in [7, 11) is 0. The predicted molar refractivity (Wildman–Crippen MR) is 91.7 cm³/mol. The smallest absolute Gasteiger partial charge is 0.228 e. The summed E-state index contributed by atoms with van der Waals surface area (Å²) in [6.07, 6.45) is 7.30. The zero-order valence-corrected chi connectivity index (χ0v) is 14.9. The predicted octanol–water partition coefficient (Wildman–Crippen LogP) is 5.11. The van der Waals surface area contributed by atoms with Gasteiger partial charge in [0.1, 0.15) is 0 Å². The third kappa shape index (κ3) is 4.41. The number of benzene rings is 1. The summed E-state index contributed by atoms with van der Waals surface area (Å²) >= 11 is 0. The van der Waals surface area contributed by atoms with Crippen molar-refractivity contribution >= 4 is 0 Å². The van der Waals surface area contributed by atoms with Crippen molar-refractivity contribution in [1.29, 1.82) is 0 Å². The van der Waals surface area contributed by atoms with E-state index in [2.05, 4.69) is 10.8 Å². The lowest BCUT2D eigenvalue weighted by molar-refractivity contribution is -0.222. The maximum Gasteiger partial charge on any atom is 0.228 e. The number of hydrogen-bond donors (Lipinski definition) is 0. The van der Waals surface area contributed by atoms with E-state index >= 15 is 0 Å². The molecule has 1 saturated heterocycles. The van der Waals surface area contributed by atoms with Crippen molar-refractivity contribution in [3.63, 3.8) is 0 Å². The molecule has 3 rings (SSSR count). The van der Waals surface area contributed by atoms with Gasteiger partial charge in [0.15, 0.2) is 23.7 Å². The SMILES string of the molecule is C/C=C/C1COC(C2CCC(c3cc(F)c(OCF)c(F)c3)CC2)OC1. The fraction of sp³-hybridized carbons (Fsp3) is 0.600. The normalized spacial score (nSPS) is 29.8. The Morgan fingerprint density at radius 2 is 1.69 bits per heavy atom. The van der Waals surface area contributed by atoms with E-state index in [-0.39, 0.29) is 12.2 Å². The van der Waals surface area contributed by atoms with Gasteiger partial charge < -0.3 is 14.2 Å². The summed E-state index contributed by atoms with van der Waals surface area (Å²) in [6.45, 7) is 2.06. The summed E-state index contributed by atoms with van der Waals surface area (Å²) in [6, 6.07) is 2.52. The molecule has 0 atom stereocenters. The maximum atomic E-state index is 13.9. The van der Waals surface area contributed by atoms with Gasteiger partial charge in [-0.15, -0.1) is 0 Å². The van der Waals surface area contributed by atoms with Gasteiger partial charge in [-0.1, -0.05) is 12.2 Å². The summed E-state index contributed by atoms with van der Waals surface area (Å²) < 4.78 is 56.2. The lowest BCUT2D eigenvalue weighted by atomic mass is 9.78. The van der Waals surface area contributed by atoms with Crippen molar-refractivity contribution in [2.75, 3.05) is 20.1 Å². The second-order valence-corrected chi connectivity index (χ2v) is 7.00. The third-order valence-corrected chi connectivity index (χ3v) is 5.26. The van der Waals surface area contributed by atoms with E-state index in [4.69, 9.17) is 9.47 Å². The van der Waals surface area contributed by atoms with Gasteiger partial charge in [0, 0.05) is 11.8 Å². The zero-order valence-electron chi connectivity index (χ0n) is 14.9. The van der Waals surface area contributed by atoms with Crippen LogP contribution in [0.3, 0.4) is 0 Å². The van der Waals surface area contributed by atoms with E-state index in [0.29, 0.717) is 30.6 Å². The van der Waals surface area contributed by atoms with Crippen molar-refractivity contribution in [3.05, 3.63) is 41.5 Å². The molecular formula is C20H25F3O3. The van der Waals surface area contributed by atoms with Gasteiger partial charge in [-0.3, -0.25) is 0 Å². The Labute approximate surface area is 152 Å².